The Morgan fingerprint density at radius 3 is 2.25 bits per heavy atom. The Morgan fingerprint density at radius 2 is 2.25 bits per heavy atom. The first-order valence-corrected chi connectivity index (χ1v) is 3.21. The number of carbonyl (C=O) groups excluding carboxylic acids is 1. The van der Waals surface area contributed by atoms with E-state index in [1.807, 2.05) is 22.9 Å². The molecule has 2 N–H and O–H groups in total. The summed E-state index contributed by atoms with van der Waals surface area (Å²) in [5, 5.41) is 0. The van der Waals surface area contributed by atoms with E-state index in [1.165, 1.54) is 3.11 Å². The van der Waals surface area contributed by atoms with E-state index in [1.54, 1.807) is 14.0 Å². The zero-order valence-corrected chi connectivity index (χ0v) is 7.05. The molecule has 0 aromatic rings. The van der Waals surface area contributed by atoms with Gasteiger partial charge in [0.05, 0.1) is 28.9 Å². The zero-order chi connectivity index (χ0) is 6.73. The lowest BCUT2D eigenvalue weighted by molar-refractivity contribution is -0.125. The largest absolute Gasteiger partial charge is 0.320 e. The number of amides is 1. The van der Waals surface area contributed by atoms with Crippen LogP contribution in [0.1, 0.15) is 6.92 Å². The summed E-state index contributed by atoms with van der Waals surface area (Å²) in [6, 6.07) is -0.378. The number of nitrogens with zero attached hydrogens (tertiary/aromatic N) is 1. The van der Waals surface area contributed by atoms with Gasteiger partial charge in [-0.15, -0.1) is 0 Å². The molecule has 0 aromatic carbocycles. The van der Waals surface area contributed by atoms with Gasteiger partial charge in [0, 0.05) is 7.05 Å². The van der Waals surface area contributed by atoms with E-state index < -0.39 is 0 Å². The average molecular weight is 228 g/mol. The lowest BCUT2D eigenvalue weighted by Gasteiger charge is -2.09. The number of nitrogens with two attached hydrogens (primary N) is 1. The minimum absolute atomic E-state index is 0.0504. The van der Waals surface area contributed by atoms with Crippen molar-refractivity contribution in [2.24, 2.45) is 5.73 Å². The van der Waals surface area contributed by atoms with Crippen LogP contribution in [0.25, 0.3) is 0 Å². The van der Waals surface area contributed by atoms with Crippen LogP contribution in [0.15, 0.2) is 0 Å². The second-order valence-electron chi connectivity index (χ2n) is 1.60. The van der Waals surface area contributed by atoms with Crippen molar-refractivity contribution in [1.82, 2.24) is 3.11 Å². The quantitative estimate of drug-likeness (QED) is 0.512. The van der Waals surface area contributed by atoms with Gasteiger partial charge in [-0.3, -0.25) is 7.91 Å². The van der Waals surface area contributed by atoms with Crippen molar-refractivity contribution in [3.63, 3.8) is 0 Å². The van der Waals surface area contributed by atoms with Crippen molar-refractivity contribution in [2.75, 3.05) is 7.05 Å². The van der Waals surface area contributed by atoms with Crippen molar-refractivity contribution < 1.29 is 4.79 Å². The predicted octanol–water partition coefficient (Wildman–Crippen LogP) is 0.142. The van der Waals surface area contributed by atoms with Gasteiger partial charge < -0.3 is 5.73 Å². The summed E-state index contributed by atoms with van der Waals surface area (Å²) in [6.07, 6.45) is 0. The van der Waals surface area contributed by atoms with Gasteiger partial charge in [0.25, 0.3) is 0 Å². The summed E-state index contributed by atoms with van der Waals surface area (Å²) < 4.78 is 1.45. The van der Waals surface area contributed by atoms with Gasteiger partial charge in [-0.25, -0.2) is 0 Å². The van der Waals surface area contributed by atoms with Gasteiger partial charge >= 0.3 is 0 Å². The third kappa shape index (κ3) is 2.46. The van der Waals surface area contributed by atoms with Crippen molar-refractivity contribution in [3.8, 4) is 0 Å². The summed E-state index contributed by atoms with van der Waals surface area (Å²) in [6.45, 7) is 1.66. The molecule has 8 heavy (non-hydrogen) atoms. The van der Waals surface area contributed by atoms with Crippen molar-refractivity contribution in [2.45, 2.75) is 13.0 Å². The molecular formula is C4H9IN2O. The molecule has 0 aromatic heterocycles. The minimum Gasteiger partial charge on any atom is -0.320 e. The molecule has 3 nitrogen and oxygen atoms in total. The van der Waals surface area contributed by atoms with Crippen LogP contribution >= 0.6 is 22.9 Å². The van der Waals surface area contributed by atoms with Crippen molar-refractivity contribution >= 4 is 28.8 Å². The number of halogens is 1. The molecule has 0 bridgehead atoms. The maximum absolute atomic E-state index is 10.6. The molecule has 0 fully saturated rings. The zero-order valence-electron chi connectivity index (χ0n) is 4.89. The number of hydrogen-bond donors (Lipinski definition) is 1. The molecule has 1 atom stereocenters. The highest BCUT2D eigenvalue weighted by Crippen LogP contribution is 1.94. The van der Waals surface area contributed by atoms with Gasteiger partial charge in [-0.1, -0.05) is 0 Å². The molecule has 0 saturated heterocycles. The first-order valence-electron chi connectivity index (χ1n) is 2.24. The Hall–Kier alpha value is 0.160. The van der Waals surface area contributed by atoms with Crippen LogP contribution in [0.2, 0.25) is 0 Å². The molecule has 4 heteroatoms. The van der Waals surface area contributed by atoms with E-state index in [4.69, 9.17) is 5.73 Å². The molecule has 0 spiro atoms. The van der Waals surface area contributed by atoms with Crippen LogP contribution in [0.4, 0.5) is 0 Å². The van der Waals surface area contributed by atoms with E-state index in [0.29, 0.717) is 0 Å². The predicted molar refractivity (Wildman–Crippen MR) is 40.4 cm³/mol. The maximum Gasteiger partial charge on any atom is 0.247 e. The molecule has 0 heterocycles. The SMILES string of the molecule is CC(N)C(=O)N(C)I. The highest BCUT2D eigenvalue weighted by molar-refractivity contribution is 14.1. The molecule has 0 rings (SSSR count). The Kier molecular flexibility index (Phi) is 3.30. The molecule has 0 aliphatic carbocycles. The molecule has 0 saturated carbocycles. The van der Waals surface area contributed by atoms with E-state index in [0.717, 1.165) is 0 Å². The standard InChI is InChI=1S/C4H9IN2O/c1-3(6)4(8)7(2)5/h3H,6H2,1-2H3. The van der Waals surface area contributed by atoms with Gasteiger partial charge in [-0.05, 0) is 6.92 Å². The molecule has 0 aliphatic heterocycles. The topological polar surface area (TPSA) is 46.3 Å². The average Bonchev–Trinajstić information content (AvgIpc) is 1.64. The van der Waals surface area contributed by atoms with Crippen LogP contribution in [0.5, 0.6) is 0 Å². The molecular weight excluding hydrogens is 219 g/mol. The molecule has 1 amide bonds. The van der Waals surface area contributed by atoms with Gasteiger partial charge in [-0.2, -0.15) is 0 Å². The fourth-order valence-corrected chi connectivity index (χ4v) is 0.720. The van der Waals surface area contributed by atoms with E-state index in [2.05, 4.69) is 0 Å². The van der Waals surface area contributed by atoms with Crippen LogP contribution in [0.3, 0.4) is 0 Å². The Bertz CT molecular complexity index is 82.0. The molecule has 48 valence electrons. The molecule has 0 radical (unpaired) electrons. The van der Waals surface area contributed by atoms with Crippen molar-refractivity contribution in [1.29, 1.82) is 0 Å². The Labute approximate surface area is 62.7 Å². The van der Waals surface area contributed by atoms with Gasteiger partial charge in [0.1, 0.15) is 0 Å². The smallest absolute Gasteiger partial charge is 0.247 e. The Morgan fingerprint density at radius 1 is 1.88 bits per heavy atom. The van der Waals surface area contributed by atoms with Gasteiger partial charge in [0.2, 0.25) is 5.91 Å². The maximum atomic E-state index is 10.6. The fourth-order valence-electron chi connectivity index (χ4n) is 0.281. The third-order valence-electron chi connectivity index (χ3n) is 0.693. The monoisotopic (exact) mass is 228 g/mol. The Balaban J connectivity index is 3.65. The lowest BCUT2D eigenvalue weighted by atomic mass is 10.3. The van der Waals surface area contributed by atoms with Gasteiger partial charge in [0.15, 0.2) is 0 Å². The third-order valence-corrected chi connectivity index (χ3v) is 1.17. The van der Waals surface area contributed by atoms with Crippen molar-refractivity contribution in [3.05, 3.63) is 0 Å². The summed E-state index contributed by atoms with van der Waals surface area (Å²) >= 11 is 1.89. The van der Waals surface area contributed by atoms with E-state index in [9.17, 15) is 4.79 Å². The normalized spacial score (nSPS) is 13.0. The minimum atomic E-state index is -0.378. The van der Waals surface area contributed by atoms with E-state index >= 15 is 0 Å². The first-order chi connectivity index (χ1) is 3.55. The summed E-state index contributed by atoms with van der Waals surface area (Å²) in [4.78, 5) is 10.6. The second kappa shape index (κ2) is 3.24. The molecule has 1 unspecified atom stereocenters. The highest BCUT2D eigenvalue weighted by atomic mass is 127. The van der Waals surface area contributed by atoms with E-state index in [-0.39, 0.29) is 11.9 Å². The van der Waals surface area contributed by atoms with Crippen LogP contribution in [-0.2, 0) is 4.79 Å². The summed E-state index contributed by atoms with van der Waals surface area (Å²) in [5.41, 5.74) is 5.24. The lowest BCUT2D eigenvalue weighted by Crippen LogP contribution is -2.34. The first kappa shape index (κ1) is 8.16. The number of hydrogen-bond acceptors (Lipinski definition) is 2. The molecule has 0 aliphatic rings. The summed E-state index contributed by atoms with van der Waals surface area (Å²) in [7, 11) is 1.67. The van der Waals surface area contributed by atoms with Crippen LogP contribution in [-0.4, -0.2) is 22.1 Å². The van der Waals surface area contributed by atoms with Crippen LogP contribution < -0.4 is 5.73 Å². The highest BCUT2D eigenvalue weighted by Gasteiger charge is 2.08. The summed E-state index contributed by atoms with van der Waals surface area (Å²) in [5.74, 6) is -0.0504. The van der Waals surface area contributed by atoms with Crippen LogP contribution in [0, 0.1) is 0 Å². The number of likely N-dealkylation sites (N-methyl/N-ethyl adjacent to an activating group) is 1. The number of rotatable bonds is 1. The fraction of sp³-hybridized carbons (Fsp3) is 0.750. The second-order valence-corrected chi connectivity index (χ2v) is 3.05. The number of carbonyl (C=O) groups is 1.